The van der Waals surface area contributed by atoms with Crippen LogP contribution < -0.4 is 16.1 Å². The number of rotatable bonds is 12. The number of likely N-dealkylation sites (tertiary alicyclic amines) is 1. The van der Waals surface area contributed by atoms with E-state index >= 15 is 0 Å². The molecule has 0 spiro atoms. The summed E-state index contributed by atoms with van der Waals surface area (Å²) in [5.74, 6) is -0.618. The summed E-state index contributed by atoms with van der Waals surface area (Å²) < 4.78 is 48.0. The van der Waals surface area contributed by atoms with E-state index in [4.69, 9.17) is 4.74 Å². The summed E-state index contributed by atoms with van der Waals surface area (Å²) in [7, 11) is 0. The Hall–Kier alpha value is -4.34. The maximum Gasteiger partial charge on any atom is 0.434 e. The number of aromatic nitrogens is 3. The standard InChI is InChI=1S/C35H42F3N7O4S/c1-5-39-34(48)42-30-17-24(32-41-29(21-50-32)35(36,37)38)26(18-40-30)22-11-12-28-25(16-22)31(46)27(33(47)49-8-4)20-45(28)23-10-9-13-44(19-23)15-14-43(6-2)7-3/h11-12,16-18,20-21,23H,5-10,13-15,19H2,1-4H3,(H2,39,40,42,48)/t23-/m0/s1. The molecule has 268 valence electrons. The molecular weight excluding hydrogens is 671 g/mol. The molecule has 1 aliphatic rings. The molecule has 0 saturated carbocycles. The average molecular weight is 714 g/mol. The van der Waals surface area contributed by atoms with Gasteiger partial charge in [-0.25, -0.2) is 19.6 Å². The lowest BCUT2D eigenvalue weighted by atomic mass is 9.98. The SMILES string of the molecule is CCNC(=O)Nc1cc(-c2nc(C(F)(F)F)cs2)c(-c2ccc3c(c2)c(=O)c(C(=O)OCC)cn3[C@H]2CCCN(CCN(CC)CC)C2)cn1. The minimum absolute atomic E-state index is 0.0180. The normalized spacial score (nSPS) is 15.4. The topological polar surface area (TPSA) is 122 Å². The number of ether oxygens (including phenoxy) is 1. The lowest BCUT2D eigenvalue weighted by Gasteiger charge is -2.36. The van der Waals surface area contributed by atoms with E-state index in [0.717, 1.165) is 68.8 Å². The lowest BCUT2D eigenvalue weighted by Crippen LogP contribution is -2.41. The summed E-state index contributed by atoms with van der Waals surface area (Å²) in [6, 6.07) is 6.11. The predicted molar refractivity (Wildman–Crippen MR) is 189 cm³/mol. The quantitative estimate of drug-likeness (QED) is 0.160. The fraction of sp³-hybridized carbons (Fsp3) is 0.457. The first-order chi connectivity index (χ1) is 24.0. The third-order valence-corrected chi connectivity index (χ3v) is 9.72. The first kappa shape index (κ1) is 36.9. The molecule has 4 heterocycles. The van der Waals surface area contributed by atoms with E-state index in [2.05, 4.69) is 44.2 Å². The molecule has 0 radical (unpaired) electrons. The van der Waals surface area contributed by atoms with Gasteiger partial charge in [0.25, 0.3) is 0 Å². The number of benzene rings is 1. The summed E-state index contributed by atoms with van der Waals surface area (Å²) in [6.45, 7) is 13.6. The average Bonchev–Trinajstić information content (AvgIpc) is 3.61. The van der Waals surface area contributed by atoms with Crippen LogP contribution in [0.1, 0.15) is 62.6 Å². The Kier molecular flexibility index (Phi) is 11.9. The Bertz CT molecular complexity index is 1890. The number of alkyl halides is 3. The number of fused-ring (bicyclic) bond motifs is 1. The predicted octanol–water partition coefficient (Wildman–Crippen LogP) is 6.50. The number of urea groups is 1. The van der Waals surface area contributed by atoms with Crippen LogP contribution in [0.3, 0.4) is 0 Å². The zero-order valence-electron chi connectivity index (χ0n) is 28.6. The van der Waals surface area contributed by atoms with Gasteiger partial charge in [-0.3, -0.25) is 10.1 Å². The highest BCUT2D eigenvalue weighted by Crippen LogP contribution is 2.39. The summed E-state index contributed by atoms with van der Waals surface area (Å²) >= 11 is 0.803. The second-order valence-corrected chi connectivity index (χ2v) is 12.8. The minimum Gasteiger partial charge on any atom is -0.462 e. The fourth-order valence-corrected chi connectivity index (χ4v) is 7.10. The van der Waals surface area contributed by atoms with Gasteiger partial charge in [-0.2, -0.15) is 13.2 Å². The number of piperidine rings is 1. The molecule has 1 fully saturated rings. The van der Waals surface area contributed by atoms with Crippen molar-refractivity contribution in [2.75, 3.05) is 57.7 Å². The molecule has 2 amide bonds. The summed E-state index contributed by atoms with van der Waals surface area (Å²) in [5, 5.41) is 6.43. The molecule has 1 aliphatic heterocycles. The van der Waals surface area contributed by atoms with Crippen molar-refractivity contribution in [2.45, 2.75) is 52.8 Å². The van der Waals surface area contributed by atoms with Crippen LogP contribution in [0.15, 0.2) is 46.8 Å². The number of nitrogens with one attached hydrogen (secondary N) is 2. The molecule has 5 rings (SSSR count). The fourth-order valence-electron chi connectivity index (χ4n) is 6.24. The molecule has 15 heteroatoms. The zero-order chi connectivity index (χ0) is 36.0. The Morgan fingerprint density at radius 3 is 2.58 bits per heavy atom. The molecule has 11 nitrogen and oxygen atoms in total. The number of thiazole rings is 1. The number of nitrogens with zero attached hydrogens (tertiary/aromatic N) is 5. The third-order valence-electron chi connectivity index (χ3n) is 8.85. The number of esters is 1. The Labute approximate surface area is 292 Å². The highest BCUT2D eigenvalue weighted by Gasteiger charge is 2.34. The molecule has 4 aromatic rings. The monoisotopic (exact) mass is 713 g/mol. The number of carbonyl (C=O) groups excluding carboxylic acids is 2. The summed E-state index contributed by atoms with van der Waals surface area (Å²) in [5.41, 5.74) is 0.128. The molecule has 0 unspecified atom stereocenters. The van der Waals surface area contributed by atoms with Gasteiger partial charge in [0.1, 0.15) is 16.4 Å². The lowest BCUT2D eigenvalue weighted by molar-refractivity contribution is -0.140. The molecule has 0 aliphatic carbocycles. The van der Waals surface area contributed by atoms with Crippen molar-refractivity contribution in [3.8, 4) is 21.7 Å². The Morgan fingerprint density at radius 1 is 1.12 bits per heavy atom. The van der Waals surface area contributed by atoms with Crippen LogP contribution in [0.4, 0.5) is 23.8 Å². The van der Waals surface area contributed by atoms with Crippen LogP contribution in [0.2, 0.25) is 0 Å². The van der Waals surface area contributed by atoms with E-state index in [0.29, 0.717) is 23.2 Å². The number of halogens is 3. The number of likely N-dealkylation sites (N-methyl/N-ethyl adjacent to an activating group) is 1. The van der Waals surface area contributed by atoms with Crippen LogP contribution in [0.25, 0.3) is 32.6 Å². The van der Waals surface area contributed by atoms with Gasteiger partial charge < -0.3 is 24.4 Å². The Balaban J connectivity index is 1.62. The zero-order valence-corrected chi connectivity index (χ0v) is 29.4. The van der Waals surface area contributed by atoms with E-state index in [-0.39, 0.29) is 40.0 Å². The molecule has 1 atom stereocenters. The van der Waals surface area contributed by atoms with Crippen molar-refractivity contribution in [1.82, 2.24) is 29.7 Å². The second kappa shape index (κ2) is 16.1. The van der Waals surface area contributed by atoms with Gasteiger partial charge in [-0.15, -0.1) is 11.3 Å². The van der Waals surface area contributed by atoms with Crippen molar-refractivity contribution < 1.29 is 27.5 Å². The van der Waals surface area contributed by atoms with Crippen molar-refractivity contribution in [1.29, 1.82) is 0 Å². The number of anilines is 1. The molecule has 50 heavy (non-hydrogen) atoms. The van der Waals surface area contributed by atoms with Crippen LogP contribution in [0.5, 0.6) is 0 Å². The van der Waals surface area contributed by atoms with E-state index in [1.165, 1.54) is 12.3 Å². The maximum absolute atomic E-state index is 13.9. The van der Waals surface area contributed by atoms with Crippen molar-refractivity contribution in [3.05, 3.63) is 63.5 Å². The number of carbonyl (C=O) groups is 2. The molecule has 1 aromatic carbocycles. The first-order valence-electron chi connectivity index (χ1n) is 16.9. The van der Waals surface area contributed by atoms with Crippen LogP contribution in [0, 0.1) is 0 Å². The van der Waals surface area contributed by atoms with Crippen molar-refractivity contribution in [3.63, 3.8) is 0 Å². The van der Waals surface area contributed by atoms with E-state index in [9.17, 15) is 27.6 Å². The van der Waals surface area contributed by atoms with E-state index in [1.807, 2.05) is 4.57 Å². The Morgan fingerprint density at radius 2 is 1.90 bits per heavy atom. The van der Waals surface area contributed by atoms with E-state index < -0.39 is 29.3 Å². The van der Waals surface area contributed by atoms with Crippen LogP contribution >= 0.6 is 11.3 Å². The van der Waals surface area contributed by atoms with Crippen LogP contribution in [-0.2, 0) is 10.9 Å². The molecule has 3 aromatic heterocycles. The number of amides is 2. The molecule has 1 saturated heterocycles. The highest BCUT2D eigenvalue weighted by atomic mass is 32.1. The second-order valence-electron chi connectivity index (χ2n) is 12.0. The first-order valence-corrected chi connectivity index (χ1v) is 17.7. The van der Waals surface area contributed by atoms with Gasteiger partial charge in [-0.1, -0.05) is 19.9 Å². The molecular formula is C35H42F3N7O4S. The van der Waals surface area contributed by atoms with Gasteiger partial charge in [0, 0.05) is 66.5 Å². The van der Waals surface area contributed by atoms with Crippen molar-refractivity contribution in [2.24, 2.45) is 0 Å². The van der Waals surface area contributed by atoms with Gasteiger partial charge in [-0.05, 0) is 70.1 Å². The number of hydrogen-bond donors (Lipinski definition) is 2. The molecule has 0 bridgehead atoms. The van der Waals surface area contributed by atoms with Gasteiger partial charge in [0.15, 0.2) is 5.69 Å². The van der Waals surface area contributed by atoms with Gasteiger partial charge in [0.05, 0.1) is 12.1 Å². The minimum atomic E-state index is -4.65. The largest absolute Gasteiger partial charge is 0.462 e. The number of hydrogen-bond acceptors (Lipinski definition) is 9. The van der Waals surface area contributed by atoms with E-state index in [1.54, 1.807) is 38.2 Å². The summed E-state index contributed by atoms with van der Waals surface area (Å²) in [6.07, 6.45) is 0.174. The highest BCUT2D eigenvalue weighted by molar-refractivity contribution is 7.13. The van der Waals surface area contributed by atoms with Crippen molar-refractivity contribution >= 4 is 40.1 Å². The van der Waals surface area contributed by atoms with Gasteiger partial charge >= 0.3 is 18.2 Å². The number of pyridine rings is 2. The summed E-state index contributed by atoms with van der Waals surface area (Å²) in [4.78, 5) is 52.3. The van der Waals surface area contributed by atoms with Gasteiger partial charge in [0.2, 0.25) is 5.43 Å². The maximum atomic E-state index is 13.9. The molecule has 2 N–H and O–H groups in total. The smallest absolute Gasteiger partial charge is 0.434 e. The van der Waals surface area contributed by atoms with Crippen LogP contribution in [-0.4, -0.2) is 88.8 Å². The third kappa shape index (κ3) is 8.33.